The molecule has 0 aliphatic carbocycles. The maximum Gasteiger partial charge on any atom is 0.211 e. The van der Waals surface area contributed by atoms with Crippen molar-refractivity contribution >= 4 is 10.0 Å². The molecule has 2 saturated heterocycles. The van der Waals surface area contributed by atoms with E-state index in [0.29, 0.717) is 18.5 Å². The average molecular weight is 303 g/mol. The number of nitrogens with one attached hydrogen (secondary N) is 2. The highest BCUT2D eigenvalue weighted by Crippen LogP contribution is 2.15. The van der Waals surface area contributed by atoms with Gasteiger partial charge < -0.3 is 10.2 Å². The minimum absolute atomic E-state index is 0.259. The summed E-state index contributed by atoms with van der Waals surface area (Å²) in [4.78, 5) is 2.38. The first-order chi connectivity index (χ1) is 9.59. The lowest BCUT2D eigenvalue weighted by Crippen LogP contribution is -2.38. The molecule has 2 aliphatic heterocycles. The summed E-state index contributed by atoms with van der Waals surface area (Å²) in [5.74, 6) is 0.743. The van der Waals surface area contributed by atoms with Gasteiger partial charge in [0.1, 0.15) is 0 Å². The Morgan fingerprint density at radius 2 is 2.15 bits per heavy atom. The molecule has 0 aromatic heterocycles. The molecule has 0 radical (unpaired) electrons. The van der Waals surface area contributed by atoms with Gasteiger partial charge in [0.25, 0.3) is 0 Å². The second kappa shape index (κ2) is 7.73. The Bertz CT molecular complexity index is 380. The standard InChI is InChI=1S/C14H29N3O2S/c1-2-17-9-6-13(12-17)11-16-20(18,19)10-7-14-5-3-4-8-15-14/h13-16H,2-12H2,1H3. The van der Waals surface area contributed by atoms with Gasteiger partial charge >= 0.3 is 0 Å². The van der Waals surface area contributed by atoms with Crippen LogP contribution in [0.15, 0.2) is 0 Å². The highest BCUT2D eigenvalue weighted by atomic mass is 32.2. The van der Waals surface area contributed by atoms with Gasteiger partial charge in [0.05, 0.1) is 5.75 Å². The molecule has 0 aromatic carbocycles. The van der Waals surface area contributed by atoms with Crippen molar-refractivity contribution in [1.29, 1.82) is 0 Å². The van der Waals surface area contributed by atoms with E-state index in [9.17, 15) is 8.42 Å². The topological polar surface area (TPSA) is 61.4 Å². The molecular formula is C14H29N3O2S. The summed E-state index contributed by atoms with van der Waals surface area (Å²) in [6.07, 6.45) is 5.41. The van der Waals surface area contributed by atoms with E-state index in [2.05, 4.69) is 21.9 Å². The fourth-order valence-corrected chi connectivity index (χ4v) is 4.38. The second-order valence-corrected chi connectivity index (χ2v) is 8.08. The number of sulfonamides is 1. The number of hydrogen-bond acceptors (Lipinski definition) is 4. The minimum atomic E-state index is -3.10. The van der Waals surface area contributed by atoms with Crippen molar-refractivity contribution in [3.63, 3.8) is 0 Å². The van der Waals surface area contributed by atoms with Crippen molar-refractivity contribution in [3.8, 4) is 0 Å². The van der Waals surface area contributed by atoms with Crippen LogP contribution in [0.5, 0.6) is 0 Å². The lowest BCUT2D eigenvalue weighted by atomic mass is 10.0. The van der Waals surface area contributed by atoms with Crippen molar-refractivity contribution in [2.45, 2.75) is 45.1 Å². The molecule has 0 spiro atoms. The van der Waals surface area contributed by atoms with Crippen LogP contribution in [0.1, 0.15) is 39.0 Å². The first kappa shape index (κ1) is 16.2. The molecule has 6 heteroatoms. The highest BCUT2D eigenvalue weighted by Gasteiger charge is 2.23. The van der Waals surface area contributed by atoms with Crippen molar-refractivity contribution in [2.75, 3.05) is 38.5 Å². The predicted octanol–water partition coefficient (Wildman–Crippen LogP) is 0.780. The van der Waals surface area contributed by atoms with Crippen LogP contribution in [0.3, 0.4) is 0 Å². The molecule has 0 amide bonds. The molecule has 20 heavy (non-hydrogen) atoms. The summed E-state index contributed by atoms with van der Waals surface area (Å²) < 4.78 is 26.9. The lowest BCUT2D eigenvalue weighted by Gasteiger charge is -2.23. The smallest absolute Gasteiger partial charge is 0.211 e. The zero-order valence-corrected chi connectivity index (χ0v) is 13.4. The van der Waals surface area contributed by atoms with Crippen LogP contribution in [0.4, 0.5) is 0 Å². The third kappa shape index (κ3) is 5.31. The molecule has 0 saturated carbocycles. The Balaban J connectivity index is 1.65. The molecular weight excluding hydrogens is 274 g/mol. The predicted molar refractivity (Wildman–Crippen MR) is 82.3 cm³/mol. The van der Waals surface area contributed by atoms with E-state index in [4.69, 9.17) is 0 Å². The third-order valence-corrected chi connectivity index (χ3v) is 5.94. The van der Waals surface area contributed by atoms with Gasteiger partial charge in [-0.3, -0.25) is 0 Å². The Kier molecular flexibility index (Phi) is 6.26. The van der Waals surface area contributed by atoms with Crippen LogP contribution in [-0.2, 0) is 10.0 Å². The molecule has 2 atom stereocenters. The van der Waals surface area contributed by atoms with Crippen molar-refractivity contribution in [1.82, 2.24) is 14.9 Å². The van der Waals surface area contributed by atoms with E-state index in [0.717, 1.165) is 45.4 Å². The maximum atomic E-state index is 12.0. The van der Waals surface area contributed by atoms with Crippen molar-refractivity contribution < 1.29 is 8.42 Å². The van der Waals surface area contributed by atoms with Crippen LogP contribution < -0.4 is 10.0 Å². The quantitative estimate of drug-likeness (QED) is 0.730. The molecule has 2 rings (SSSR count). The number of hydrogen-bond donors (Lipinski definition) is 2. The molecule has 5 nitrogen and oxygen atoms in total. The van der Waals surface area contributed by atoms with Gasteiger partial charge in [-0.25, -0.2) is 13.1 Å². The summed E-state index contributed by atoms with van der Waals surface area (Å²) in [7, 11) is -3.10. The van der Waals surface area contributed by atoms with Crippen molar-refractivity contribution in [2.24, 2.45) is 5.92 Å². The summed E-state index contributed by atoms with van der Waals surface area (Å²) in [5, 5.41) is 3.40. The molecule has 2 heterocycles. The molecule has 2 aliphatic rings. The normalized spacial score (nSPS) is 28.9. The van der Waals surface area contributed by atoms with Gasteiger partial charge in [-0.05, 0) is 51.2 Å². The van der Waals surface area contributed by atoms with E-state index in [1.54, 1.807) is 0 Å². The Morgan fingerprint density at radius 1 is 1.30 bits per heavy atom. The largest absolute Gasteiger partial charge is 0.314 e. The van der Waals surface area contributed by atoms with Crippen LogP contribution in [0.25, 0.3) is 0 Å². The van der Waals surface area contributed by atoms with Crippen LogP contribution in [0, 0.1) is 5.92 Å². The van der Waals surface area contributed by atoms with Gasteiger partial charge in [0.2, 0.25) is 10.0 Å². The van der Waals surface area contributed by atoms with Gasteiger partial charge in [-0.15, -0.1) is 0 Å². The number of nitrogens with zero attached hydrogens (tertiary/aromatic N) is 1. The molecule has 118 valence electrons. The zero-order chi connectivity index (χ0) is 14.4. The van der Waals surface area contributed by atoms with Crippen LogP contribution in [-0.4, -0.2) is 57.8 Å². The second-order valence-electron chi connectivity index (χ2n) is 6.15. The van der Waals surface area contributed by atoms with Crippen molar-refractivity contribution in [3.05, 3.63) is 0 Å². The zero-order valence-electron chi connectivity index (χ0n) is 12.6. The molecule has 2 unspecified atom stereocenters. The molecule has 2 fully saturated rings. The Labute approximate surface area is 123 Å². The fraction of sp³-hybridized carbons (Fsp3) is 1.00. The van der Waals surface area contributed by atoms with Crippen LogP contribution in [0.2, 0.25) is 0 Å². The molecule has 0 aromatic rings. The summed E-state index contributed by atoms with van der Waals surface area (Å²) in [6, 6.07) is 0.391. The van der Waals surface area contributed by atoms with Crippen LogP contribution >= 0.6 is 0 Å². The van der Waals surface area contributed by atoms with E-state index >= 15 is 0 Å². The van der Waals surface area contributed by atoms with E-state index in [1.807, 2.05) is 0 Å². The maximum absolute atomic E-state index is 12.0. The Morgan fingerprint density at radius 3 is 2.80 bits per heavy atom. The molecule has 2 N–H and O–H groups in total. The first-order valence-electron chi connectivity index (χ1n) is 8.02. The SMILES string of the molecule is CCN1CCC(CNS(=O)(=O)CCC2CCCCN2)C1. The summed E-state index contributed by atoms with van der Waals surface area (Å²) >= 11 is 0. The minimum Gasteiger partial charge on any atom is -0.314 e. The van der Waals surface area contributed by atoms with E-state index < -0.39 is 10.0 Å². The Hall–Kier alpha value is -0.170. The summed E-state index contributed by atoms with van der Waals surface area (Å²) in [6.45, 7) is 7.00. The van der Waals surface area contributed by atoms with Gasteiger partial charge in [-0.1, -0.05) is 13.3 Å². The molecule has 0 bridgehead atoms. The van der Waals surface area contributed by atoms with Gasteiger partial charge in [-0.2, -0.15) is 0 Å². The number of rotatable bonds is 7. The summed E-state index contributed by atoms with van der Waals surface area (Å²) in [5.41, 5.74) is 0. The fourth-order valence-electron chi connectivity index (χ4n) is 3.15. The lowest BCUT2D eigenvalue weighted by molar-refractivity contribution is 0.342. The first-order valence-corrected chi connectivity index (χ1v) is 9.67. The average Bonchev–Trinajstić information content (AvgIpc) is 2.93. The highest BCUT2D eigenvalue weighted by molar-refractivity contribution is 7.89. The van der Waals surface area contributed by atoms with E-state index in [-0.39, 0.29) is 5.75 Å². The monoisotopic (exact) mass is 303 g/mol. The third-order valence-electron chi connectivity index (χ3n) is 4.56. The van der Waals surface area contributed by atoms with Gasteiger partial charge in [0, 0.05) is 19.1 Å². The van der Waals surface area contributed by atoms with Gasteiger partial charge in [0.15, 0.2) is 0 Å². The van der Waals surface area contributed by atoms with E-state index in [1.165, 1.54) is 12.8 Å². The number of piperidine rings is 1. The number of likely N-dealkylation sites (tertiary alicyclic amines) is 1.